The molecule has 1 aliphatic heterocycles. The van der Waals surface area contributed by atoms with Crippen LogP contribution >= 0.6 is 0 Å². The van der Waals surface area contributed by atoms with E-state index in [1.165, 1.54) is 19.1 Å². The quantitative estimate of drug-likeness (QED) is 0.231. The normalized spacial score (nSPS) is 20.5. The van der Waals surface area contributed by atoms with Crippen LogP contribution in [0.4, 0.5) is 0 Å². The van der Waals surface area contributed by atoms with Gasteiger partial charge in [0.2, 0.25) is 6.29 Å². The molecule has 4 rings (SSSR count). The van der Waals surface area contributed by atoms with Gasteiger partial charge in [-0.1, -0.05) is 60.7 Å². The lowest BCUT2D eigenvalue weighted by atomic mass is 9.95. The zero-order valence-electron chi connectivity index (χ0n) is 25.6. The molecule has 1 saturated heterocycles. The lowest BCUT2D eigenvalue weighted by Gasteiger charge is -2.44. The van der Waals surface area contributed by atoms with Crippen molar-refractivity contribution in [2.75, 3.05) is 6.61 Å². The van der Waals surface area contributed by atoms with Gasteiger partial charge in [-0.05, 0) is 35.4 Å². The van der Waals surface area contributed by atoms with Crippen LogP contribution in [0, 0.1) is 0 Å². The molecule has 3 aromatic rings. The Morgan fingerprint density at radius 2 is 1.28 bits per heavy atom. The molecule has 0 radical (unpaired) electrons. The Bertz CT molecular complexity index is 1490. The number of carbonyl (C=O) groups is 5. The maximum Gasteiger partial charge on any atom is 0.312 e. The summed E-state index contributed by atoms with van der Waals surface area (Å²) in [5.41, 5.74) is 1.83. The molecule has 0 bridgehead atoms. The third kappa shape index (κ3) is 9.89. The van der Waals surface area contributed by atoms with Crippen LogP contribution in [0.2, 0.25) is 0 Å². The lowest BCUT2D eigenvalue weighted by molar-refractivity contribution is -0.270. The Hall–Kier alpha value is -5.23. The topological polar surface area (TPSA) is 153 Å². The average Bonchev–Trinajstić information content (AvgIpc) is 3.02. The van der Waals surface area contributed by atoms with Crippen molar-refractivity contribution in [3.63, 3.8) is 0 Å². The van der Waals surface area contributed by atoms with Crippen molar-refractivity contribution in [2.24, 2.45) is 0 Å². The van der Waals surface area contributed by atoms with Crippen LogP contribution in [-0.4, -0.2) is 67.0 Å². The molecule has 5 atom stereocenters. The van der Waals surface area contributed by atoms with Crippen LogP contribution in [0.5, 0.6) is 5.75 Å². The monoisotopic (exact) mass is 633 g/mol. The van der Waals surface area contributed by atoms with Gasteiger partial charge in [0.1, 0.15) is 31.1 Å². The summed E-state index contributed by atoms with van der Waals surface area (Å²) >= 11 is 0. The molecular weight excluding hydrogens is 598 g/mol. The van der Waals surface area contributed by atoms with Gasteiger partial charge in [0, 0.05) is 26.3 Å². The van der Waals surface area contributed by atoms with Gasteiger partial charge in [-0.15, -0.1) is 0 Å². The molecule has 1 heterocycles. The zero-order chi connectivity index (χ0) is 33.1. The number of ether oxygens (including phenoxy) is 6. The first-order chi connectivity index (χ1) is 22.1. The largest absolute Gasteiger partial charge is 0.489 e. The number of hydrogen-bond donors (Lipinski definition) is 1. The highest BCUT2D eigenvalue weighted by Gasteiger charge is 2.52. The number of benzene rings is 3. The predicted molar refractivity (Wildman–Crippen MR) is 161 cm³/mol. The van der Waals surface area contributed by atoms with Crippen molar-refractivity contribution >= 4 is 29.8 Å². The van der Waals surface area contributed by atoms with E-state index in [4.69, 9.17) is 28.4 Å². The zero-order valence-corrected chi connectivity index (χ0v) is 25.6. The number of amides is 1. The summed E-state index contributed by atoms with van der Waals surface area (Å²) in [6.07, 6.45) is -5.63. The molecule has 0 aromatic heterocycles. The van der Waals surface area contributed by atoms with E-state index in [0.717, 1.165) is 19.4 Å². The number of esters is 4. The van der Waals surface area contributed by atoms with Gasteiger partial charge in [0.05, 0.1) is 6.42 Å². The summed E-state index contributed by atoms with van der Waals surface area (Å²) in [6, 6.07) is 23.3. The van der Waals surface area contributed by atoms with Crippen molar-refractivity contribution in [1.82, 2.24) is 5.32 Å². The SMILES string of the molecule is CC(=O)OC[C@@H]1O[C@@H](OC(=O)Cc2ccccc2)[C@@H](NC(=O)c2ccc(OCc3ccccc3)cc2)[C@@H](OC(C)=O)[C@H]1OC(C)=O. The Balaban J connectivity index is 1.59. The van der Waals surface area contributed by atoms with E-state index in [0.29, 0.717) is 17.9 Å². The molecule has 1 fully saturated rings. The van der Waals surface area contributed by atoms with Gasteiger partial charge in [-0.3, -0.25) is 24.0 Å². The number of carbonyl (C=O) groups excluding carboxylic acids is 5. The van der Waals surface area contributed by atoms with Crippen molar-refractivity contribution in [2.45, 2.75) is 64.4 Å². The fraction of sp³-hybridized carbons (Fsp3) is 0.324. The molecule has 12 heteroatoms. The van der Waals surface area contributed by atoms with Crippen LogP contribution in [0.25, 0.3) is 0 Å². The first kappa shape index (κ1) is 33.7. The van der Waals surface area contributed by atoms with Crippen LogP contribution in [0.3, 0.4) is 0 Å². The highest BCUT2D eigenvalue weighted by molar-refractivity contribution is 5.94. The fourth-order valence-electron chi connectivity index (χ4n) is 4.77. The lowest BCUT2D eigenvalue weighted by Crippen LogP contribution is -2.67. The van der Waals surface area contributed by atoms with Crippen LogP contribution in [0.1, 0.15) is 42.3 Å². The second kappa shape index (κ2) is 16.2. The summed E-state index contributed by atoms with van der Waals surface area (Å²) in [4.78, 5) is 62.5. The molecule has 0 spiro atoms. The van der Waals surface area contributed by atoms with E-state index in [-0.39, 0.29) is 12.0 Å². The molecule has 0 aliphatic carbocycles. The summed E-state index contributed by atoms with van der Waals surface area (Å²) < 4.78 is 33.6. The molecule has 12 nitrogen and oxygen atoms in total. The molecule has 3 aromatic carbocycles. The van der Waals surface area contributed by atoms with Gasteiger partial charge in [-0.2, -0.15) is 0 Å². The average molecular weight is 634 g/mol. The van der Waals surface area contributed by atoms with E-state index in [1.807, 2.05) is 30.3 Å². The maximum absolute atomic E-state index is 13.5. The summed E-state index contributed by atoms with van der Waals surface area (Å²) in [5.74, 6) is -3.01. The minimum Gasteiger partial charge on any atom is -0.489 e. The minimum absolute atomic E-state index is 0.133. The van der Waals surface area contributed by atoms with Crippen LogP contribution in [-0.2, 0) is 55.9 Å². The summed E-state index contributed by atoms with van der Waals surface area (Å²) in [7, 11) is 0. The Morgan fingerprint density at radius 3 is 1.87 bits per heavy atom. The molecule has 1 N–H and O–H groups in total. The molecular formula is C34H35NO11. The first-order valence-electron chi connectivity index (χ1n) is 14.5. The Kier molecular flexibility index (Phi) is 11.8. The highest BCUT2D eigenvalue weighted by Crippen LogP contribution is 2.29. The maximum atomic E-state index is 13.5. The highest BCUT2D eigenvalue weighted by atomic mass is 16.7. The van der Waals surface area contributed by atoms with E-state index in [9.17, 15) is 24.0 Å². The summed E-state index contributed by atoms with van der Waals surface area (Å²) in [5, 5.41) is 2.72. The number of hydrogen-bond acceptors (Lipinski definition) is 11. The van der Waals surface area contributed by atoms with Crippen LogP contribution in [0.15, 0.2) is 84.9 Å². The van der Waals surface area contributed by atoms with E-state index in [1.54, 1.807) is 42.5 Å². The Labute approximate surface area is 265 Å². The van der Waals surface area contributed by atoms with Gasteiger partial charge >= 0.3 is 23.9 Å². The second-order valence-electron chi connectivity index (χ2n) is 10.4. The molecule has 46 heavy (non-hydrogen) atoms. The summed E-state index contributed by atoms with van der Waals surface area (Å²) in [6.45, 7) is 3.34. The van der Waals surface area contributed by atoms with E-state index >= 15 is 0 Å². The van der Waals surface area contributed by atoms with Crippen molar-refractivity contribution in [3.8, 4) is 5.75 Å². The number of nitrogens with one attached hydrogen (secondary N) is 1. The van der Waals surface area contributed by atoms with Gasteiger partial charge in [0.25, 0.3) is 5.91 Å². The third-order valence-electron chi connectivity index (χ3n) is 6.80. The van der Waals surface area contributed by atoms with Crippen molar-refractivity contribution < 1.29 is 52.4 Å². The second-order valence-corrected chi connectivity index (χ2v) is 10.4. The predicted octanol–water partition coefficient (Wildman–Crippen LogP) is 3.30. The third-order valence-corrected chi connectivity index (χ3v) is 6.80. The minimum atomic E-state index is -1.54. The molecule has 0 unspecified atom stereocenters. The van der Waals surface area contributed by atoms with Crippen molar-refractivity contribution in [1.29, 1.82) is 0 Å². The van der Waals surface area contributed by atoms with E-state index in [2.05, 4.69) is 5.32 Å². The molecule has 0 saturated carbocycles. The standard InChI is InChI=1S/C34H35NO11/c1-21(36)41-20-28-31(43-22(2)37)32(44-23(3)38)30(34(45-28)46-29(39)18-24-10-6-4-7-11-24)35-33(40)26-14-16-27(17-15-26)42-19-25-12-8-5-9-13-25/h4-17,28,30-32,34H,18-20H2,1-3H3,(H,35,40)/t28-,30-,31-,32+,34-/m0/s1. The van der Waals surface area contributed by atoms with Gasteiger partial charge in [0.15, 0.2) is 12.2 Å². The van der Waals surface area contributed by atoms with Gasteiger partial charge in [-0.25, -0.2) is 0 Å². The number of rotatable bonds is 12. The van der Waals surface area contributed by atoms with E-state index < -0.39 is 67.0 Å². The van der Waals surface area contributed by atoms with Gasteiger partial charge < -0.3 is 33.7 Å². The van der Waals surface area contributed by atoms with Crippen LogP contribution < -0.4 is 10.1 Å². The molecule has 242 valence electrons. The van der Waals surface area contributed by atoms with Crippen molar-refractivity contribution in [3.05, 3.63) is 102 Å². The molecule has 1 amide bonds. The first-order valence-corrected chi connectivity index (χ1v) is 14.5. The fourth-order valence-corrected chi connectivity index (χ4v) is 4.77. The Morgan fingerprint density at radius 1 is 0.696 bits per heavy atom. The smallest absolute Gasteiger partial charge is 0.312 e. The molecule has 1 aliphatic rings.